The van der Waals surface area contributed by atoms with Crippen molar-refractivity contribution in [2.75, 3.05) is 32.1 Å². The van der Waals surface area contributed by atoms with E-state index >= 15 is 0 Å². The van der Waals surface area contributed by atoms with Crippen molar-refractivity contribution in [3.05, 3.63) is 45.8 Å². The number of hydrogen-bond donors (Lipinski definition) is 1. The van der Waals surface area contributed by atoms with E-state index in [0.29, 0.717) is 39.8 Å². The number of nitrogens with zero attached hydrogens (tertiary/aromatic N) is 1. The molecule has 8 heteroatoms. The summed E-state index contributed by atoms with van der Waals surface area (Å²) in [6.45, 7) is 5.04. The Hall–Kier alpha value is -2.87. The molecule has 3 rings (SSSR count). The number of esters is 1. The number of likely N-dealkylation sites (tertiary alicyclic amines) is 1. The molecule has 0 saturated carbocycles. The second kappa shape index (κ2) is 9.09. The summed E-state index contributed by atoms with van der Waals surface area (Å²) >= 11 is 1.11. The molecule has 0 bridgehead atoms. The van der Waals surface area contributed by atoms with E-state index in [-0.39, 0.29) is 18.1 Å². The molecule has 1 aromatic carbocycles. The van der Waals surface area contributed by atoms with Gasteiger partial charge in [-0.3, -0.25) is 9.59 Å². The van der Waals surface area contributed by atoms with Crippen molar-refractivity contribution in [2.45, 2.75) is 26.7 Å². The number of rotatable bonds is 6. The largest absolute Gasteiger partial charge is 0.497 e. The Morgan fingerprint density at radius 2 is 1.93 bits per heavy atom. The highest BCUT2D eigenvalue weighted by atomic mass is 32.1. The molecule has 2 aromatic rings. The van der Waals surface area contributed by atoms with E-state index < -0.39 is 11.9 Å². The van der Waals surface area contributed by atoms with E-state index in [1.54, 1.807) is 43.0 Å². The van der Waals surface area contributed by atoms with E-state index in [0.717, 1.165) is 24.2 Å². The fraction of sp³-hybridized carbons (Fsp3) is 0.381. The van der Waals surface area contributed by atoms with Crippen LogP contribution in [0.3, 0.4) is 0 Å². The van der Waals surface area contributed by atoms with Gasteiger partial charge >= 0.3 is 5.97 Å². The lowest BCUT2D eigenvalue weighted by Gasteiger charge is -2.14. The Labute approximate surface area is 173 Å². The van der Waals surface area contributed by atoms with Crippen LogP contribution >= 0.6 is 11.3 Å². The van der Waals surface area contributed by atoms with Gasteiger partial charge in [0, 0.05) is 18.7 Å². The first-order valence-corrected chi connectivity index (χ1v) is 10.3. The highest BCUT2D eigenvalue weighted by molar-refractivity contribution is 7.18. The quantitative estimate of drug-likeness (QED) is 0.726. The van der Waals surface area contributed by atoms with Crippen LogP contribution in [0, 0.1) is 6.92 Å². The summed E-state index contributed by atoms with van der Waals surface area (Å²) in [4.78, 5) is 40.4. The zero-order valence-electron chi connectivity index (χ0n) is 16.7. The van der Waals surface area contributed by atoms with E-state index in [2.05, 4.69) is 5.32 Å². The van der Waals surface area contributed by atoms with Crippen molar-refractivity contribution in [1.82, 2.24) is 4.90 Å². The maximum absolute atomic E-state index is 12.9. The molecule has 2 heterocycles. The van der Waals surface area contributed by atoms with Crippen molar-refractivity contribution < 1.29 is 23.9 Å². The number of ether oxygens (including phenoxy) is 2. The molecule has 0 spiro atoms. The third kappa shape index (κ3) is 4.42. The maximum Gasteiger partial charge on any atom is 0.341 e. The first kappa shape index (κ1) is 20.9. The number of hydrogen-bond acceptors (Lipinski definition) is 6. The Morgan fingerprint density at radius 3 is 2.59 bits per heavy atom. The topological polar surface area (TPSA) is 84.9 Å². The molecule has 1 aromatic heterocycles. The van der Waals surface area contributed by atoms with Crippen molar-refractivity contribution in [2.24, 2.45) is 0 Å². The molecule has 29 heavy (non-hydrogen) atoms. The molecule has 1 aliphatic rings. The number of amides is 2. The summed E-state index contributed by atoms with van der Waals surface area (Å²) in [6, 6.07) is 6.71. The minimum atomic E-state index is -0.553. The van der Waals surface area contributed by atoms with Gasteiger partial charge in [0.1, 0.15) is 10.8 Å². The van der Waals surface area contributed by atoms with Crippen molar-refractivity contribution in [3.63, 3.8) is 0 Å². The lowest BCUT2D eigenvalue weighted by atomic mass is 10.1. The SMILES string of the molecule is CCOC(=O)c1c(NC(=O)c2cccc(OC)c2)sc(C(=O)N2CCCC2)c1C. The number of thiophene rings is 1. The fourth-order valence-corrected chi connectivity index (χ4v) is 4.42. The van der Waals surface area contributed by atoms with Crippen molar-refractivity contribution in [3.8, 4) is 5.75 Å². The molecule has 1 saturated heterocycles. The third-order valence-electron chi connectivity index (χ3n) is 4.77. The molecule has 7 nitrogen and oxygen atoms in total. The van der Waals surface area contributed by atoms with Crippen LogP contribution in [0.4, 0.5) is 5.00 Å². The van der Waals surface area contributed by atoms with Gasteiger partial charge in [0.25, 0.3) is 11.8 Å². The first-order chi connectivity index (χ1) is 14.0. The van der Waals surface area contributed by atoms with Gasteiger partial charge in [-0.2, -0.15) is 0 Å². The van der Waals surface area contributed by atoms with Gasteiger partial charge in [-0.25, -0.2) is 4.79 Å². The van der Waals surface area contributed by atoms with Crippen molar-refractivity contribution >= 4 is 34.1 Å². The number of methoxy groups -OCH3 is 1. The summed E-state index contributed by atoms with van der Waals surface area (Å²) < 4.78 is 10.3. The zero-order chi connectivity index (χ0) is 21.0. The Balaban J connectivity index is 1.95. The molecule has 0 atom stereocenters. The fourth-order valence-electron chi connectivity index (χ4n) is 3.26. The Kier molecular flexibility index (Phi) is 6.53. The molecule has 1 N–H and O–H groups in total. The highest BCUT2D eigenvalue weighted by Crippen LogP contribution is 2.35. The molecular weight excluding hydrogens is 392 g/mol. The van der Waals surface area contributed by atoms with E-state index in [4.69, 9.17) is 9.47 Å². The van der Waals surface area contributed by atoms with E-state index in [1.165, 1.54) is 7.11 Å². The van der Waals surface area contributed by atoms with Crippen LogP contribution in [0.1, 0.15) is 55.7 Å². The lowest BCUT2D eigenvalue weighted by Crippen LogP contribution is -2.27. The predicted molar refractivity (Wildman–Crippen MR) is 111 cm³/mol. The van der Waals surface area contributed by atoms with Gasteiger partial charge < -0.3 is 19.7 Å². The minimum absolute atomic E-state index is 0.113. The zero-order valence-corrected chi connectivity index (χ0v) is 17.6. The average Bonchev–Trinajstić information content (AvgIpc) is 3.36. The number of carbonyl (C=O) groups is 3. The Morgan fingerprint density at radius 1 is 1.21 bits per heavy atom. The average molecular weight is 416 g/mol. The second-order valence-corrected chi connectivity index (χ2v) is 7.69. The van der Waals surface area contributed by atoms with Crippen LogP contribution in [-0.4, -0.2) is 49.5 Å². The summed E-state index contributed by atoms with van der Waals surface area (Å²) in [5.41, 5.74) is 1.15. The molecular formula is C21H24N2O5S. The summed E-state index contributed by atoms with van der Waals surface area (Å²) in [5.74, 6) is -0.508. The molecule has 2 amide bonds. The molecule has 1 fully saturated rings. The summed E-state index contributed by atoms with van der Waals surface area (Å²) in [7, 11) is 1.52. The van der Waals surface area contributed by atoms with Crippen LogP contribution in [0.2, 0.25) is 0 Å². The first-order valence-electron chi connectivity index (χ1n) is 9.51. The van der Waals surface area contributed by atoms with Gasteiger partial charge in [-0.05, 0) is 50.5 Å². The number of carbonyl (C=O) groups excluding carboxylic acids is 3. The van der Waals surface area contributed by atoms with Crippen LogP contribution in [-0.2, 0) is 4.74 Å². The molecule has 0 aliphatic carbocycles. The van der Waals surface area contributed by atoms with E-state index in [9.17, 15) is 14.4 Å². The second-order valence-electron chi connectivity index (χ2n) is 6.67. The smallest absolute Gasteiger partial charge is 0.341 e. The monoisotopic (exact) mass is 416 g/mol. The van der Waals surface area contributed by atoms with Gasteiger partial charge in [0.05, 0.1) is 24.2 Å². The predicted octanol–water partition coefficient (Wildman–Crippen LogP) is 3.73. The maximum atomic E-state index is 12.9. The van der Waals surface area contributed by atoms with Crippen molar-refractivity contribution in [1.29, 1.82) is 0 Å². The molecule has 154 valence electrons. The Bertz CT molecular complexity index is 931. The van der Waals surface area contributed by atoms with Gasteiger partial charge in [-0.15, -0.1) is 11.3 Å². The highest BCUT2D eigenvalue weighted by Gasteiger charge is 2.30. The summed E-state index contributed by atoms with van der Waals surface area (Å²) in [6.07, 6.45) is 1.95. The molecule has 0 radical (unpaired) electrons. The molecule has 0 unspecified atom stereocenters. The van der Waals surface area contributed by atoms with Crippen LogP contribution in [0.15, 0.2) is 24.3 Å². The van der Waals surface area contributed by atoms with Crippen LogP contribution in [0.25, 0.3) is 0 Å². The minimum Gasteiger partial charge on any atom is -0.497 e. The van der Waals surface area contributed by atoms with Gasteiger partial charge in [-0.1, -0.05) is 6.07 Å². The van der Waals surface area contributed by atoms with Crippen LogP contribution < -0.4 is 10.1 Å². The molecule has 1 aliphatic heterocycles. The number of nitrogens with one attached hydrogen (secondary N) is 1. The van der Waals surface area contributed by atoms with Gasteiger partial charge in [0.15, 0.2) is 0 Å². The summed E-state index contributed by atoms with van der Waals surface area (Å²) in [5, 5.41) is 3.09. The number of benzene rings is 1. The third-order valence-corrected chi connectivity index (χ3v) is 5.97. The standard InChI is InChI=1S/C21H24N2O5S/c1-4-28-21(26)16-13(2)17(20(25)23-10-5-6-11-23)29-19(16)22-18(24)14-8-7-9-15(12-14)27-3/h7-9,12H,4-6,10-11H2,1-3H3,(H,22,24). The number of anilines is 1. The van der Waals surface area contributed by atoms with Gasteiger partial charge in [0.2, 0.25) is 0 Å². The lowest BCUT2D eigenvalue weighted by molar-refractivity contribution is 0.0527. The normalized spacial score (nSPS) is 13.3. The van der Waals surface area contributed by atoms with Crippen LogP contribution in [0.5, 0.6) is 5.75 Å². The van der Waals surface area contributed by atoms with E-state index in [1.807, 2.05) is 0 Å².